The zero-order valence-corrected chi connectivity index (χ0v) is 14.7. The molecule has 0 atom stereocenters. The van der Waals surface area contributed by atoms with Crippen LogP contribution in [0.2, 0.25) is 0 Å². The number of anilines is 1. The van der Waals surface area contributed by atoms with E-state index in [-0.39, 0.29) is 11.8 Å². The van der Waals surface area contributed by atoms with Gasteiger partial charge in [0.15, 0.2) is 0 Å². The molecule has 4 rings (SSSR count). The van der Waals surface area contributed by atoms with Gasteiger partial charge in [0.2, 0.25) is 0 Å². The number of carbonyl (C=O) groups is 2. The van der Waals surface area contributed by atoms with E-state index in [4.69, 9.17) is 4.74 Å². The Kier molecular flexibility index (Phi) is 4.71. The highest BCUT2D eigenvalue weighted by atomic mass is 16.5. The SMILES string of the molecule is O=C(c1ccc(C(=O)N2CCCc3ccccc32)cc1)N1CCOCC1. The molecule has 2 aromatic carbocycles. The van der Waals surface area contributed by atoms with Crippen molar-refractivity contribution in [1.82, 2.24) is 4.90 Å². The molecule has 1 fully saturated rings. The molecule has 2 amide bonds. The van der Waals surface area contributed by atoms with Crippen LogP contribution in [-0.4, -0.2) is 49.6 Å². The van der Waals surface area contributed by atoms with Gasteiger partial charge in [-0.3, -0.25) is 9.59 Å². The number of nitrogens with zero attached hydrogens (tertiary/aromatic N) is 2. The summed E-state index contributed by atoms with van der Waals surface area (Å²) in [7, 11) is 0. The smallest absolute Gasteiger partial charge is 0.258 e. The third kappa shape index (κ3) is 3.22. The molecular formula is C21H22N2O3. The lowest BCUT2D eigenvalue weighted by Gasteiger charge is -2.29. The molecule has 0 radical (unpaired) electrons. The molecule has 2 aliphatic rings. The second kappa shape index (κ2) is 7.30. The molecule has 134 valence electrons. The van der Waals surface area contributed by atoms with E-state index in [0.717, 1.165) is 25.1 Å². The van der Waals surface area contributed by atoms with Gasteiger partial charge in [0, 0.05) is 36.4 Å². The quantitative estimate of drug-likeness (QED) is 0.837. The average molecular weight is 350 g/mol. The number of benzene rings is 2. The van der Waals surface area contributed by atoms with E-state index in [1.54, 1.807) is 29.2 Å². The van der Waals surface area contributed by atoms with E-state index in [2.05, 4.69) is 6.07 Å². The first-order valence-electron chi connectivity index (χ1n) is 9.11. The van der Waals surface area contributed by atoms with Gasteiger partial charge < -0.3 is 14.5 Å². The van der Waals surface area contributed by atoms with E-state index in [0.29, 0.717) is 37.4 Å². The minimum Gasteiger partial charge on any atom is -0.378 e. The molecule has 2 aromatic rings. The van der Waals surface area contributed by atoms with Crippen LogP contribution in [0, 0.1) is 0 Å². The number of rotatable bonds is 2. The third-order valence-electron chi connectivity index (χ3n) is 5.03. The van der Waals surface area contributed by atoms with Crippen molar-refractivity contribution in [2.75, 3.05) is 37.7 Å². The molecule has 0 saturated carbocycles. The second-order valence-electron chi connectivity index (χ2n) is 6.67. The summed E-state index contributed by atoms with van der Waals surface area (Å²) >= 11 is 0. The number of para-hydroxylation sites is 1. The Labute approximate surface area is 153 Å². The summed E-state index contributed by atoms with van der Waals surface area (Å²) in [6.45, 7) is 3.12. The zero-order chi connectivity index (χ0) is 17.9. The number of fused-ring (bicyclic) bond motifs is 1. The molecular weight excluding hydrogens is 328 g/mol. The fraction of sp³-hybridized carbons (Fsp3) is 0.333. The Bertz CT molecular complexity index is 810. The van der Waals surface area contributed by atoms with Crippen LogP contribution in [-0.2, 0) is 11.2 Å². The predicted molar refractivity (Wildman–Crippen MR) is 99.6 cm³/mol. The highest BCUT2D eigenvalue weighted by Gasteiger charge is 2.24. The summed E-state index contributed by atoms with van der Waals surface area (Å²) < 4.78 is 5.29. The van der Waals surface area contributed by atoms with E-state index >= 15 is 0 Å². The van der Waals surface area contributed by atoms with E-state index in [1.165, 1.54) is 5.56 Å². The summed E-state index contributed by atoms with van der Waals surface area (Å²) in [6.07, 6.45) is 1.98. The third-order valence-corrected chi connectivity index (χ3v) is 5.03. The Morgan fingerprint density at radius 1 is 0.808 bits per heavy atom. The Balaban J connectivity index is 1.52. The number of amides is 2. The van der Waals surface area contributed by atoms with E-state index < -0.39 is 0 Å². The van der Waals surface area contributed by atoms with Crippen LogP contribution in [0.5, 0.6) is 0 Å². The van der Waals surface area contributed by atoms with Gasteiger partial charge in [-0.15, -0.1) is 0 Å². The molecule has 0 aliphatic carbocycles. The number of hydrogen-bond acceptors (Lipinski definition) is 3. The van der Waals surface area contributed by atoms with Gasteiger partial charge in [0.05, 0.1) is 13.2 Å². The minimum atomic E-state index is -0.0116. The number of carbonyl (C=O) groups excluding carboxylic acids is 2. The normalized spacial score (nSPS) is 16.9. The number of aryl methyl sites for hydroxylation is 1. The number of hydrogen-bond donors (Lipinski definition) is 0. The molecule has 1 saturated heterocycles. The molecule has 26 heavy (non-hydrogen) atoms. The summed E-state index contributed by atoms with van der Waals surface area (Å²) in [5.41, 5.74) is 3.44. The van der Waals surface area contributed by atoms with Gasteiger partial charge in [-0.2, -0.15) is 0 Å². The lowest BCUT2D eigenvalue weighted by atomic mass is 10.0. The van der Waals surface area contributed by atoms with Crippen LogP contribution < -0.4 is 4.90 Å². The zero-order valence-electron chi connectivity index (χ0n) is 14.7. The van der Waals surface area contributed by atoms with Gasteiger partial charge in [-0.1, -0.05) is 18.2 Å². The minimum absolute atomic E-state index is 0.00406. The maximum absolute atomic E-state index is 13.0. The summed E-state index contributed by atoms with van der Waals surface area (Å²) in [6, 6.07) is 15.1. The first kappa shape index (κ1) is 16.8. The van der Waals surface area contributed by atoms with Gasteiger partial charge in [-0.25, -0.2) is 0 Å². The number of ether oxygens (including phenoxy) is 1. The number of morpholine rings is 1. The highest BCUT2D eigenvalue weighted by molar-refractivity contribution is 6.07. The van der Waals surface area contributed by atoms with Crippen LogP contribution in [0.25, 0.3) is 0 Å². The monoisotopic (exact) mass is 350 g/mol. The van der Waals surface area contributed by atoms with Crippen molar-refractivity contribution in [2.45, 2.75) is 12.8 Å². The lowest BCUT2D eigenvalue weighted by Crippen LogP contribution is -2.40. The largest absolute Gasteiger partial charge is 0.378 e. The molecule has 0 N–H and O–H groups in total. The molecule has 5 heteroatoms. The maximum Gasteiger partial charge on any atom is 0.258 e. The molecule has 0 unspecified atom stereocenters. The van der Waals surface area contributed by atoms with Crippen molar-refractivity contribution in [1.29, 1.82) is 0 Å². The fourth-order valence-corrected chi connectivity index (χ4v) is 3.60. The second-order valence-corrected chi connectivity index (χ2v) is 6.67. The summed E-state index contributed by atoms with van der Waals surface area (Å²) in [5.74, 6) is -0.0156. The van der Waals surface area contributed by atoms with Gasteiger partial charge >= 0.3 is 0 Å². The first-order chi connectivity index (χ1) is 12.7. The first-order valence-corrected chi connectivity index (χ1v) is 9.11. The van der Waals surface area contributed by atoms with Gasteiger partial charge in [-0.05, 0) is 48.7 Å². The van der Waals surface area contributed by atoms with Crippen LogP contribution in [0.1, 0.15) is 32.7 Å². The van der Waals surface area contributed by atoms with Crippen LogP contribution in [0.4, 0.5) is 5.69 Å². The van der Waals surface area contributed by atoms with Crippen LogP contribution in [0.15, 0.2) is 48.5 Å². The maximum atomic E-state index is 13.0. The Morgan fingerprint density at radius 2 is 1.46 bits per heavy atom. The van der Waals surface area contributed by atoms with Crippen molar-refractivity contribution < 1.29 is 14.3 Å². The molecule has 2 heterocycles. The molecule has 0 bridgehead atoms. The Morgan fingerprint density at radius 3 is 2.19 bits per heavy atom. The molecule has 0 aromatic heterocycles. The predicted octanol–water partition coefficient (Wildman–Crippen LogP) is 2.75. The lowest BCUT2D eigenvalue weighted by molar-refractivity contribution is 0.0303. The molecule has 0 spiro atoms. The summed E-state index contributed by atoms with van der Waals surface area (Å²) in [4.78, 5) is 29.1. The van der Waals surface area contributed by atoms with Crippen molar-refractivity contribution >= 4 is 17.5 Å². The molecule has 5 nitrogen and oxygen atoms in total. The summed E-state index contributed by atoms with van der Waals surface area (Å²) in [5, 5.41) is 0. The average Bonchev–Trinajstić information content (AvgIpc) is 2.73. The van der Waals surface area contributed by atoms with E-state index in [1.807, 2.05) is 23.1 Å². The van der Waals surface area contributed by atoms with Crippen molar-refractivity contribution in [3.8, 4) is 0 Å². The fourth-order valence-electron chi connectivity index (χ4n) is 3.60. The van der Waals surface area contributed by atoms with Gasteiger partial charge in [0.25, 0.3) is 11.8 Å². The Hall–Kier alpha value is -2.66. The van der Waals surface area contributed by atoms with Crippen molar-refractivity contribution in [2.24, 2.45) is 0 Å². The van der Waals surface area contributed by atoms with E-state index in [9.17, 15) is 9.59 Å². The highest BCUT2D eigenvalue weighted by Crippen LogP contribution is 2.28. The van der Waals surface area contributed by atoms with Gasteiger partial charge in [0.1, 0.15) is 0 Å². The topological polar surface area (TPSA) is 49.9 Å². The molecule has 2 aliphatic heterocycles. The van der Waals surface area contributed by atoms with Crippen LogP contribution in [0.3, 0.4) is 0 Å². The van der Waals surface area contributed by atoms with Crippen LogP contribution >= 0.6 is 0 Å². The standard InChI is InChI=1S/C21H22N2O3/c24-20(22-12-14-26-15-13-22)17-7-9-18(10-8-17)21(25)23-11-3-5-16-4-1-2-6-19(16)23/h1-2,4,6-10H,3,5,11-15H2. The van der Waals surface area contributed by atoms with Crippen molar-refractivity contribution in [3.05, 3.63) is 65.2 Å². The van der Waals surface area contributed by atoms with Crippen molar-refractivity contribution in [3.63, 3.8) is 0 Å².